The molecule has 0 aliphatic carbocycles. The average molecular weight is 383 g/mol. The van der Waals surface area contributed by atoms with E-state index in [-0.39, 0.29) is 6.61 Å². The monoisotopic (exact) mass is 383 g/mol. The Kier molecular flexibility index (Phi) is 8.18. The number of carbonyl (C=O) groups excluding carboxylic acids is 2. The van der Waals surface area contributed by atoms with Gasteiger partial charge in [-0.25, -0.2) is 9.59 Å². The van der Waals surface area contributed by atoms with Gasteiger partial charge in [-0.2, -0.15) is 0 Å². The van der Waals surface area contributed by atoms with E-state index in [1.54, 1.807) is 6.92 Å². The number of aryl methyl sites for hydroxylation is 1. The molecule has 0 aliphatic heterocycles. The van der Waals surface area contributed by atoms with Crippen LogP contribution in [0.5, 0.6) is 0 Å². The van der Waals surface area contributed by atoms with E-state index in [2.05, 4.69) is 0 Å². The van der Waals surface area contributed by atoms with Crippen LogP contribution < -0.4 is 0 Å². The minimum absolute atomic E-state index is 0.267. The first kappa shape index (κ1) is 21.6. The largest absolute Gasteiger partial charge is 0.462 e. The molecule has 0 spiro atoms. The van der Waals surface area contributed by atoms with Gasteiger partial charge in [0.25, 0.3) is 0 Å². The summed E-state index contributed by atoms with van der Waals surface area (Å²) in [6, 6.07) is 9.56. The molecule has 2 rings (SSSR count). The van der Waals surface area contributed by atoms with Gasteiger partial charge < -0.3 is 9.47 Å². The summed E-state index contributed by atoms with van der Waals surface area (Å²) in [6.07, 6.45) is 2.64. The SMILES string of the molecule is CCCOC(=O)c1c(-c2ccccc2)nc(CC)c(C(=O)OCC)c1CCC. The van der Waals surface area contributed by atoms with E-state index in [1.165, 1.54) is 0 Å². The molecule has 5 nitrogen and oxygen atoms in total. The first-order valence-electron chi connectivity index (χ1n) is 10.0. The van der Waals surface area contributed by atoms with Crippen LogP contribution in [0.2, 0.25) is 0 Å². The van der Waals surface area contributed by atoms with E-state index < -0.39 is 11.9 Å². The highest BCUT2D eigenvalue weighted by molar-refractivity contribution is 6.03. The van der Waals surface area contributed by atoms with Crippen molar-refractivity contribution in [2.24, 2.45) is 0 Å². The summed E-state index contributed by atoms with van der Waals surface area (Å²) in [5.41, 5.74) is 3.50. The van der Waals surface area contributed by atoms with Crippen molar-refractivity contribution in [3.63, 3.8) is 0 Å². The zero-order valence-corrected chi connectivity index (χ0v) is 17.2. The molecule has 0 aliphatic rings. The molecule has 1 heterocycles. The van der Waals surface area contributed by atoms with Gasteiger partial charge in [-0.15, -0.1) is 0 Å². The number of hydrogen-bond acceptors (Lipinski definition) is 5. The third-order valence-electron chi connectivity index (χ3n) is 4.38. The topological polar surface area (TPSA) is 65.5 Å². The van der Waals surface area contributed by atoms with Crippen molar-refractivity contribution in [2.75, 3.05) is 13.2 Å². The second-order valence-electron chi connectivity index (χ2n) is 6.46. The Morgan fingerprint density at radius 2 is 1.57 bits per heavy atom. The van der Waals surface area contributed by atoms with Crippen molar-refractivity contribution in [1.29, 1.82) is 0 Å². The normalized spacial score (nSPS) is 10.6. The third kappa shape index (κ3) is 4.77. The van der Waals surface area contributed by atoms with Crippen LogP contribution in [-0.4, -0.2) is 30.1 Å². The Labute approximate surface area is 167 Å². The quantitative estimate of drug-likeness (QED) is 0.570. The van der Waals surface area contributed by atoms with Crippen LogP contribution >= 0.6 is 0 Å². The molecule has 28 heavy (non-hydrogen) atoms. The molecule has 0 unspecified atom stereocenters. The average Bonchev–Trinajstić information content (AvgIpc) is 2.72. The number of aromatic nitrogens is 1. The molecule has 5 heteroatoms. The van der Waals surface area contributed by atoms with Crippen LogP contribution in [-0.2, 0) is 22.3 Å². The summed E-state index contributed by atoms with van der Waals surface area (Å²) in [4.78, 5) is 30.5. The fourth-order valence-corrected chi connectivity index (χ4v) is 3.18. The van der Waals surface area contributed by atoms with Crippen LogP contribution in [0.15, 0.2) is 30.3 Å². The number of pyridine rings is 1. The van der Waals surface area contributed by atoms with Crippen LogP contribution in [0.3, 0.4) is 0 Å². The minimum Gasteiger partial charge on any atom is -0.462 e. The molecular weight excluding hydrogens is 354 g/mol. The van der Waals surface area contributed by atoms with Crippen LogP contribution in [0.1, 0.15) is 72.5 Å². The predicted molar refractivity (Wildman–Crippen MR) is 110 cm³/mol. The predicted octanol–water partition coefficient (Wildman–Crippen LogP) is 5.01. The van der Waals surface area contributed by atoms with Gasteiger partial charge in [0, 0.05) is 5.56 Å². The Balaban J connectivity index is 2.82. The van der Waals surface area contributed by atoms with Gasteiger partial charge in [0.15, 0.2) is 0 Å². The molecular formula is C23H29NO4. The van der Waals surface area contributed by atoms with Crippen LogP contribution in [0.4, 0.5) is 0 Å². The molecule has 0 radical (unpaired) electrons. The van der Waals surface area contributed by atoms with E-state index in [0.717, 1.165) is 18.4 Å². The van der Waals surface area contributed by atoms with E-state index >= 15 is 0 Å². The van der Waals surface area contributed by atoms with E-state index in [1.807, 2.05) is 51.1 Å². The number of benzene rings is 1. The fourth-order valence-electron chi connectivity index (χ4n) is 3.18. The summed E-state index contributed by atoms with van der Waals surface area (Å²) < 4.78 is 10.8. The van der Waals surface area contributed by atoms with Crippen molar-refractivity contribution in [1.82, 2.24) is 4.98 Å². The maximum absolute atomic E-state index is 13.0. The van der Waals surface area contributed by atoms with Gasteiger partial charge in [-0.3, -0.25) is 4.98 Å². The van der Waals surface area contributed by atoms with Gasteiger partial charge in [0.1, 0.15) is 0 Å². The molecule has 0 saturated heterocycles. The van der Waals surface area contributed by atoms with Crippen LogP contribution in [0, 0.1) is 0 Å². The fraction of sp³-hybridized carbons (Fsp3) is 0.435. The van der Waals surface area contributed by atoms with Crippen LogP contribution in [0.25, 0.3) is 11.3 Å². The Hall–Kier alpha value is -2.69. The molecule has 0 saturated carbocycles. The highest BCUT2D eigenvalue weighted by Gasteiger charge is 2.28. The lowest BCUT2D eigenvalue weighted by atomic mass is 9.91. The van der Waals surface area contributed by atoms with E-state index in [0.29, 0.717) is 47.5 Å². The highest BCUT2D eigenvalue weighted by Crippen LogP contribution is 2.31. The highest BCUT2D eigenvalue weighted by atomic mass is 16.5. The van der Waals surface area contributed by atoms with E-state index in [4.69, 9.17) is 14.5 Å². The number of ether oxygens (including phenoxy) is 2. The zero-order chi connectivity index (χ0) is 20.5. The summed E-state index contributed by atoms with van der Waals surface area (Å²) in [5.74, 6) is -0.871. The number of hydrogen-bond donors (Lipinski definition) is 0. The van der Waals surface area contributed by atoms with Crippen molar-refractivity contribution >= 4 is 11.9 Å². The van der Waals surface area contributed by atoms with Gasteiger partial charge in [-0.05, 0) is 31.7 Å². The molecule has 1 aromatic heterocycles. The number of nitrogens with zero attached hydrogens (tertiary/aromatic N) is 1. The standard InChI is InChI=1S/C23H29NO4/c1-5-12-17-19(22(25)27-8-4)18(7-3)24-21(16-13-10-9-11-14-16)20(17)23(26)28-15-6-2/h9-11,13-14H,5-8,12,15H2,1-4H3. The zero-order valence-electron chi connectivity index (χ0n) is 17.2. The van der Waals surface area contributed by atoms with Crippen molar-refractivity contribution in [2.45, 2.75) is 53.4 Å². The summed E-state index contributed by atoms with van der Waals surface area (Å²) in [6.45, 7) is 8.27. The summed E-state index contributed by atoms with van der Waals surface area (Å²) in [7, 11) is 0. The molecule has 0 amide bonds. The van der Waals surface area contributed by atoms with Gasteiger partial charge >= 0.3 is 11.9 Å². The lowest BCUT2D eigenvalue weighted by molar-refractivity contribution is 0.0504. The molecule has 0 atom stereocenters. The molecule has 150 valence electrons. The van der Waals surface area contributed by atoms with Gasteiger partial charge in [0.05, 0.1) is 35.7 Å². The third-order valence-corrected chi connectivity index (χ3v) is 4.38. The molecule has 1 aromatic carbocycles. The first-order chi connectivity index (χ1) is 13.6. The van der Waals surface area contributed by atoms with Crippen molar-refractivity contribution < 1.29 is 19.1 Å². The molecule has 2 aromatic rings. The Morgan fingerprint density at radius 1 is 0.893 bits per heavy atom. The first-order valence-corrected chi connectivity index (χ1v) is 10.0. The van der Waals surface area contributed by atoms with Crippen molar-refractivity contribution in [3.8, 4) is 11.3 Å². The maximum Gasteiger partial charge on any atom is 0.340 e. The molecule has 0 N–H and O–H groups in total. The van der Waals surface area contributed by atoms with Gasteiger partial charge in [-0.1, -0.05) is 57.5 Å². The molecule has 0 bridgehead atoms. The smallest absolute Gasteiger partial charge is 0.340 e. The molecule has 0 fully saturated rings. The summed E-state index contributed by atoms with van der Waals surface area (Å²) >= 11 is 0. The Bertz CT molecular complexity index is 815. The number of rotatable bonds is 9. The lowest BCUT2D eigenvalue weighted by Crippen LogP contribution is -2.20. The second-order valence-corrected chi connectivity index (χ2v) is 6.46. The maximum atomic E-state index is 13.0. The Morgan fingerprint density at radius 3 is 2.14 bits per heavy atom. The minimum atomic E-state index is -0.440. The van der Waals surface area contributed by atoms with E-state index in [9.17, 15) is 9.59 Å². The number of esters is 2. The lowest BCUT2D eigenvalue weighted by Gasteiger charge is -2.19. The summed E-state index contributed by atoms with van der Waals surface area (Å²) in [5, 5.41) is 0. The van der Waals surface area contributed by atoms with Crippen molar-refractivity contribution in [3.05, 3.63) is 52.7 Å². The number of carbonyl (C=O) groups is 2. The van der Waals surface area contributed by atoms with Gasteiger partial charge in [0.2, 0.25) is 0 Å². The second kappa shape index (κ2) is 10.6.